The number of hydrogen-bond donors (Lipinski definition) is 1. The summed E-state index contributed by atoms with van der Waals surface area (Å²) >= 11 is 0. The van der Waals surface area contributed by atoms with Crippen molar-refractivity contribution in [3.8, 4) is 11.1 Å². The first-order valence-electron chi connectivity index (χ1n) is 7.13. The Hall–Kier alpha value is -2.26. The van der Waals surface area contributed by atoms with Crippen LogP contribution in [-0.2, 0) is 6.54 Å². The number of pyridine rings is 1. The molecule has 2 nitrogen and oxygen atoms in total. The number of aromatic nitrogens is 1. The second kappa shape index (κ2) is 6.02. The van der Waals surface area contributed by atoms with Crippen LogP contribution in [-0.4, -0.2) is 11.5 Å². The minimum absolute atomic E-state index is 0.204. The largest absolute Gasteiger partial charge is 0.313 e. The standard InChI is InChI=1S/C18H17FN2/c1-2-20-12-13-11-14(19)8-9-15(13)16-5-3-7-18-17(16)6-4-10-21-18/h3-11,20H,2,12H2,1H3. The van der Waals surface area contributed by atoms with Crippen molar-refractivity contribution >= 4 is 10.9 Å². The van der Waals surface area contributed by atoms with E-state index < -0.39 is 0 Å². The van der Waals surface area contributed by atoms with Crippen molar-refractivity contribution < 1.29 is 4.39 Å². The zero-order valence-electron chi connectivity index (χ0n) is 11.9. The van der Waals surface area contributed by atoms with Gasteiger partial charge >= 0.3 is 0 Å². The van der Waals surface area contributed by atoms with Crippen molar-refractivity contribution in [2.24, 2.45) is 0 Å². The summed E-state index contributed by atoms with van der Waals surface area (Å²) in [6.07, 6.45) is 1.79. The molecule has 21 heavy (non-hydrogen) atoms. The van der Waals surface area contributed by atoms with Crippen LogP contribution in [0.25, 0.3) is 22.0 Å². The lowest BCUT2D eigenvalue weighted by Crippen LogP contribution is -2.12. The highest BCUT2D eigenvalue weighted by atomic mass is 19.1. The fourth-order valence-corrected chi connectivity index (χ4v) is 2.57. The summed E-state index contributed by atoms with van der Waals surface area (Å²) in [6.45, 7) is 3.55. The highest BCUT2D eigenvalue weighted by molar-refractivity contribution is 5.95. The van der Waals surface area contributed by atoms with Crippen molar-refractivity contribution in [3.05, 3.63) is 66.1 Å². The van der Waals surface area contributed by atoms with Gasteiger partial charge in [-0.05, 0) is 47.5 Å². The second-order valence-electron chi connectivity index (χ2n) is 4.96. The van der Waals surface area contributed by atoms with E-state index in [0.717, 1.165) is 34.1 Å². The Bertz CT molecular complexity index is 763. The molecule has 0 bridgehead atoms. The van der Waals surface area contributed by atoms with Crippen molar-refractivity contribution in [1.29, 1.82) is 0 Å². The lowest BCUT2D eigenvalue weighted by atomic mass is 9.96. The third-order valence-corrected chi connectivity index (χ3v) is 3.57. The van der Waals surface area contributed by atoms with Crippen LogP contribution in [0.5, 0.6) is 0 Å². The van der Waals surface area contributed by atoms with Crippen LogP contribution in [0.3, 0.4) is 0 Å². The summed E-state index contributed by atoms with van der Waals surface area (Å²) in [5.41, 5.74) is 4.06. The third kappa shape index (κ3) is 2.78. The highest BCUT2D eigenvalue weighted by Crippen LogP contribution is 2.30. The fourth-order valence-electron chi connectivity index (χ4n) is 2.57. The van der Waals surface area contributed by atoms with Gasteiger partial charge in [0.05, 0.1) is 5.52 Å². The molecule has 2 aromatic carbocycles. The van der Waals surface area contributed by atoms with Gasteiger partial charge in [-0.2, -0.15) is 0 Å². The van der Waals surface area contributed by atoms with E-state index in [-0.39, 0.29) is 5.82 Å². The Morgan fingerprint density at radius 3 is 2.81 bits per heavy atom. The van der Waals surface area contributed by atoms with Crippen LogP contribution < -0.4 is 5.32 Å². The molecule has 0 fully saturated rings. The van der Waals surface area contributed by atoms with Crippen molar-refractivity contribution in [3.63, 3.8) is 0 Å². The molecule has 0 aliphatic heterocycles. The molecule has 0 unspecified atom stereocenters. The van der Waals surface area contributed by atoms with Gasteiger partial charge in [0.2, 0.25) is 0 Å². The Morgan fingerprint density at radius 1 is 1.05 bits per heavy atom. The number of benzene rings is 2. The summed E-state index contributed by atoms with van der Waals surface area (Å²) < 4.78 is 13.6. The first-order valence-corrected chi connectivity index (χ1v) is 7.13. The predicted molar refractivity (Wildman–Crippen MR) is 84.5 cm³/mol. The van der Waals surface area contributed by atoms with Crippen LogP contribution in [0.1, 0.15) is 12.5 Å². The lowest BCUT2D eigenvalue weighted by Gasteiger charge is -2.12. The first kappa shape index (κ1) is 13.7. The average molecular weight is 280 g/mol. The third-order valence-electron chi connectivity index (χ3n) is 3.57. The minimum atomic E-state index is -0.204. The quantitative estimate of drug-likeness (QED) is 0.776. The monoisotopic (exact) mass is 280 g/mol. The van der Waals surface area contributed by atoms with Gasteiger partial charge in [0.25, 0.3) is 0 Å². The van der Waals surface area contributed by atoms with Gasteiger partial charge in [-0.1, -0.05) is 31.2 Å². The molecule has 0 atom stereocenters. The van der Waals surface area contributed by atoms with E-state index in [1.54, 1.807) is 12.3 Å². The maximum Gasteiger partial charge on any atom is 0.123 e. The molecule has 0 aliphatic rings. The number of rotatable bonds is 4. The van der Waals surface area contributed by atoms with E-state index in [4.69, 9.17) is 0 Å². The average Bonchev–Trinajstić information content (AvgIpc) is 2.52. The maximum absolute atomic E-state index is 13.6. The molecule has 1 N–H and O–H groups in total. The minimum Gasteiger partial charge on any atom is -0.313 e. The predicted octanol–water partition coefficient (Wildman–Crippen LogP) is 4.15. The highest BCUT2D eigenvalue weighted by Gasteiger charge is 2.09. The van der Waals surface area contributed by atoms with Gasteiger partial charge < -0.3 is 5.32 Å². The summed E-state index contributed by atoms with van der Waals surface area (Å²) in [5.74, 6) is -0.204. The van der Waals surface area contributed by atoms with Crippen molar-refractivity contribution in [1.82, 2.24) is 10.3 Å². The van der Waals surface area contributed by atoms with E-state index in [1.165, 1.54) is 6.07 Å². The molecular formula is C18H17FN2. The summed E-state index contributed by atoms with van der Waals surface area (Å²) in [7, 11) is 0. The number of nitrogens with one attached hydrogen (secondary N) is 1. The van der Waals surface area contributed by atoms with Crippen LogP contribution >= 0.6 is 0 Å². The molecule has 1 heterocycles. The summed E-state index contributed by atoms with van der Waals surface area (Å²) in [5, 5.41) is 4.36. The Kier molecular flexibility index (Phi) is 3.93. The molecule has 106 valence electrons. The van der Waals surface area contributed by atoms with E-state index in [0.29, 0.717) is 6.54 Å². The van der Waals surface area contributed by atoms with Gasteiger partial charge in [0, 0.05) is 18.1 Å². The summed E-state index contributed by atoms with van der Waals surface area (Å²) in [4.78, 5) is 4.39. The number of hydrogen-bond acceptors (Lipinski definition) is 2. The lowest BCUT2D eigenvalue weighted by molar-refractivity contribution is 0.622. The zero-order valence-corrected chi connectivity index (χ0v) is 11.9. The zero-order chi connectivity index (χ0) is 14.7. The molecule has 0 radical (unpaired) electrons. The SMILES string of the molecule is CCNCc1cc(F)ccc1-c1cccc2ncccc12. The molecule has 3 heteroatoms. The second-order valence-corrected chi connectivity index (χ2v) is 4.96. The maximum atomic E-state index is 13.6. The number of halogens is 1. The first-order chi connectivity index (χ1) is 10.3. The molecule has 0 saturated carbocycles. The van der Waals surface area contributed by atoms with Crippen LogP contribution in [0.2, 0.25) is 0 Å². The van der Waals surface area contributed by atoms with Gasteiger partial charge in [-0.15, -0.1) is 0 Å². The molecule has 1 aromatic heterocycles. The van der Waals surface area contributed by atoms with Crippen molar-refractivity contribution in [2.45, 2.75) is 13.5 Å². The molecule has 0 spiro atoms. The van der Waals surface area contributed by atoms with Gasteiger partial charge in [-0.3, -0.25) is 4.98 Å². The Labute approximate surface area is 123 Å². The van der Waals surface area contributed by atoms with Crippen LogP contribution in [0.15, 0.2) is 54.7 Å². The topological polar surface area (TPSA) is 24.9 Å². The van der Waals surface area contributed by atoms with E-state index in [2.05, 4.69) is 22.4 Å². The van der Waals surface area contributed by atoms with Crippen LogP contribution in [0.4, 0.5) is 4.39 Å². The van der Waals surface area contributed by atoms with E-state index in [1.807, 2.05) is 31.2 Å². The molecule has 3 rings (SSSR count). The Morgan fingerprint density at radius 2 is 1.95 bits per heavy atom. The van der Waals surface area contributed by atoms with Gasteiger partial charge in [0.1, 0.15) is 5.82 Å². The Balaban J connectivity index is 2.18. The molecule has 0 amide bonds. The number of nitrogens with zero attached hydrogens (tertiary/aromatic N) is 1. The molecule has 3 aromatic rings. The molecule has 0 saturated heterocycles. The normalized spacial score (nSPS) is 11.0. The number of fused-ring (bicyclic) bond motifs is 1. The fraction of sp³-hybridized carbons (Fsp3) is 0.167. The van der Waals surface area contributed by atoms with E-state index >= 15 is 0 Å². The molecular weight excluding hydrogens is 263 g/mol. The molecule has 0 aliphatic carbocycles. The van der Waals surface area contributed by atoms with Gasteiger partial charge in [0.15, 0.2) is 0 Å². The van der Waals surface area contributed by atoms with E-state index in [9.17, 15) is 4.39 Å². The van der Waals surface area contributed by atoms with Crippen molar-refractivity contribution in [2.75, 3.05) is 6.54 Å². The van der Waals surface area contributed by atoms with Crippen LogP contribution in [0, 0.1) is 5.82 Å². The van der Waals surface area contributed by atoms with Gasteiger partial charge in [-0.25, -0.2) is 4.39 Å². The smallest absolute Gasteiger partial charge is 0.123 e. The summed E-state index contributed by atoms with van der Waals surface area (Å²) in [6, 6.07) is 15.0.